The van der Waals surface area contributed by atoms with Gasteiger partial charge in [0.2, 0.25) is 5.88 Å². The van der Waals surface area contributed by atoms with E-state index in [9.17, 15) is 31.5 Å². The second-order valence-corrected chi connectivity index (χ2v) is 7.11. The SMILES string of the molecule is Cn1nc(O[C@H](c2cncc(OCC(F)(F)F)c2)C(F)F)c2cc(-c3c[nH]c(=O)[nH]c3=O)nnc21. The largest absolute Gasteiger partial charge is 0.482 e. The van der Waals surface area contributed by atoms with Gasteiger partial charge in [-0.3, -0.25) is 14.8 Å². The minimum atomic E-state index is -4.63. The van der Waals surface area contributed by atoms with Crippen LogP contribution in [0.4, 0.5) is 22.0 Å². The summed E-state index contributed by atoms with van der Waals surface area (Å²) in [4.78, 5) is 31.3. The molecule has 16 heteroatoms. The number of ether oxygens (including phenoxy) is 2. The molecule has 184 valence electrons. The topological polar surface area (TPSA) is 141 Å². The summed E-state index contributed by atoms with van der Waals surface area (Å²) in [6.07, 6.45) is -6.71. The minimum absolute atomic E-state index is 0.00865. The van der Waals surface area contributed by atoms with E-state index in [1.54, 1.807) is 0 Å². The number of halogens is 5. The summed E-state index contributed by atoms with van der Waals surface area (Å²) in [5.74, 6) is -0.697. The smallest absolute Gasteiger partial charge is 0.422 e. The van der Waals surface area contributed by atoms with Crippen LogP contribution in [-0.2, 0) is 7.05 Å². The molecule has 0 aromatic carbocycles. The van der Waals surface area contributed by atoms with E-state index in [0.717, 1.165) is 24.7 Å². The first-order valence-corrected chi connectivity index (χ1v) is 9.64. The quantitative estimate of drug-likeness (QED) is 0.369. The molecule has 0 radical (unpaired) electrons. The van der Waals surface area contributed by atoms with Gasteiger partial charge in [-0.2, -0.15) is 13.2 Å². The molecule has 0 spiro atoms. The standard InChI is InChI=1S/C19H14F5N7O4/c1-31-15-10(3-12(28-29-15)11-6-26-18(33)27-16(11)32)17(30-31)35-13(14(20)21)8-2-9(5-25-4-8)34-7-19(22,23)24/h2-6,13-14H,7H2,1H3,(H2,26,27,32,33)/t13-/m1/s1. The van der Waals surface area contributed by atoms with Crippen LogP contribution in [0.25, 0.3) is 22.3 Å². The van der Waals surface area contributed by atoms with Crippen LogP contribution in [0, 0.1) is 0 Å². The lowest BCUT2D eigenvalue weighted by Gasteiger charge is -2.18. The first-order chi connectivity index (χ1) is 16.5. The number of nitrogens with zero attached hydrogens (tertiary/aromatic N) is 5. The van der Waals surface area contributed by atoms with E-state index in [2.05, 4.69) is 30.0 Å². The van der Waals surface area contributed by atoms with Gasteiger partial charge in [0.05, 0.1) is 17.1 Å². The van der Waals surface area contributed by atoms with E-state index in [0.29, 0.717) is 0 Å². The van der Waals surface area contributed by atoms with Gasteiger partial charge in [0.1, 0.15) is 11.4 Å². The molecule has 0 aliphatic rings. The molecule has 1 atom stereocenters. The fourth-order valence-corrected chi connectivity index (χ4v) is 3.06. The van der Waals surface area contributed by atoms with Gasteiger partial charge in [0.25, 0.3) is 12.0 Å². The zero-order valence-electron chi connectivity index (χ0n) is 17.5. The van der Waals surface area contributed by atoms with Crippen LogP contribution in [0.15, 0.2) is 40.3 Å². The summed E-state index contributed by atoms with van der Waals surface area (Å²) >= 11 is 0. The summed E-state index contributed by atoms with van der Waals surface area (Å²) in [6.45, 7) is -1.63. The number of aromatic amines is 2. The highest BCUT2D eigenvalue weighted by Gasteiger charge is 2.30. The number of pyridine rings is 1. The lowest BCUT2D eigenvalue weighted by atomic mass is 10.1. The number of hydrogen-bond acceptors (Lipinski definition) is 8. The number of fused-ring (bicyclic) bond motifs is 1. The predicted octanol–water partition coefficient (Wildman–Crippen LogP) is 2.13. The van der Waals surface area contributed by atoms with E-state index < -0.39 is 36.6 Å². The number of H-pyrrole nitrogens is 2. The molecule has 0 saturated heterocycles. The van der Waals surface area contributed by atoms with Crippen molar-refractivity contribution < 1.29 is 31.4 Å². The molecule has 0 bridgehead atoms. The van der Waals surface area contributed by atoms with Crippen LogP contribution in [0.3, 0.4) is 0 Å². The summed E-state index contributed by atoms with van der Waals surface area (Å²) < 4.78 is 76.2. The maximum absolute atomic E-state index is 13.9. The maximum atomic E-state index is 13.9. The van der Waals surface area contributed by atoms with Gasteiger partial charge in [-0.25, -0.2) is 18.3 Å². The van der Waals surface area contributed by atoms with Crippen molar-refractivity contribution in [2.45, 2.75) is 18.7 Å². The monoisotopic (exact) mass is 499 g/mol. The Balaban J connectivity index is 1.70. The zero-order valence-corrected chi connectivity index (χ0v) is 17.5. The Morgan fingerprint density at radius 3 is 2.60 bits per heavy atom. The normalized spacial score (nSPS) is 12.8. The molecule has 0 aliphatic heterocycles. The molecule has 2 N–H and O–H groups in total. The molecule has 11 nitrogen and oxygen atoms in total. The van der Waals surface area contributed by atoms with E-state index in [4.69, 9.17) is 4.74 Å². The molecule has 35 heavy (non-hydrogen) atoms. The summed E-state index contributed by atoms with van der Waals surface area (Å²) in [5.41, 5.74) is -1.71. The third-order valence-electron chi connectivity index (χ3n) is 4.58. The number of aryl methyl sites for hydroxylation is 1. The molecule has 0 amide bonds. The average molecular weight is 499 g/mol. The minimum Gasteiger partial charge on any atom is -0.482 e. The predicted molar refractivity (Wildman–Crippen MR) is 108 cm³/mol. The third kappa shape index (κ3) is 5.25. The number of alkyl halides is 5. The third-order valence-corrected chi connectivity index (χ3v) is 4.58. The molecule has 0 aliphatic carbocycles. The average Bonchev–Trinajstić information content (AvgIpc) is 3.10. The van der Waals surface area contributed by atoms with Crippen molar-refractivity contribution in [2.24, 2.45) is 7.05 Å². The van der Waals surface area contributed by atoms with Gasteiger partial charge in [0, 0.05) is 25.0 Å². The molecule has 4 aromatic heterocycles. The number of rotatable bonds is 7. The maximum Gasteiger partial charge on any atom is 0.422 e. The van der Waals surface area contributed by atoms with Gasteiger partial charge in [-0.15, -0.1) is 15.3 Å². The Morgan fingerprint density at radius 1 is 1.14 bits per heavy atom. The molecular weight excluding hydrogens is 485 g/mol. The fourth-order valence-electron chi connectivity index (χ4n) is 3.06. The second-order valence-electron chi connectivity index (χ2n) is 7.11. The Morgan fingerprint density at radius 2 is 1.91 bits per heavy atom. The van der Waals surface area contributed by atoms with Crippen LogP contribution in [0.1, 0.15) is 11.7 Å². The van der Waals surface area contributed by atoms with Gasteiger partial charge in [0.15, 0.2) is 18.4 Å². The van der Waals surface area contributed by atoms with Crippen LogP contribution >= 0.6 is 0 Å². The fraction of sp³-hybridized carbons (Fsp3) is 0.263. The lowest BCUT2D eigenvalue weighted by molar-refractivity contribution is -0.153. The van der Waals surface area contributed by atoms with E-state index in [1.165, 1.54) is 17.8 Å². The summed E-state index contributed by atoms with van der Waals surface area (Å²) in [5, 5.41) is 11.9. The van der Waals surface area contributed by atoms with Crippen LogP contribution < -0.4 is 20.7 Å². The molecule has 4 rings (SSSR count). The molecule has 4 aromatic rings. The Kier molecular flexibility index (Phi) is 6.19. The molecular formula is C19H14F5N7O4. The van der Waals surface area contributed by atoms with Crippen molar-refractivity contribution in [3.05, 3.63) is 57.1 Å². The number of hydrogen-bond donors (Lipinski definition) is 2. The van der Waals surface area contributed by atoms with E-state index >= 15 is 0 Å². The van der Waals surface area contributed by atoms with Crippen LogP contribution in [0.2, 0.25) is 0 Å². The highest BCUT2D eigenvalue weighted by molar-refractivity contribution is 5.84. The number of aromatic nitrogens is 7. The summed E-state index contributed by atoms with van der Waals surface area (Å²) in [7, 11) is 1.45. The van der Waals surface area contributed by atoms with Crippen molar-refractivity contribution in [1.29, 1.82) is 0 Å². The Labute approximate surface area is 190 Å². The summed E-state index contributed by atoms with van der Waals surface area (Å²) in [6, 6.07) is 2.25. The van der Waals surface area contributed by atoms with Crippen molar-refractivity contribution in [2.75, 3.05) is 6.61 Å². The van der Waals surface area contributed by atoms with Crippen LogP contribution in [-0.4, -0.2) is 54.1 Å². The molecule has 0 fully saturated rings. The van der Waals surface area contributed by atoms with Crippen molar-refractivity contribution in [1.82, 2.24) is 34.9 Å². The van der Waals surface area contributed by atoms with Gasteiger partial charge >= 0.3 is 11.9 Å². The second kappa shape index (κ2) is 9.11. The lowest BCUT2D eigenvalue weighted by Crippen LogP contribution is -2.22. The highest BCUT2D eigenvalue weighted by Crippen LogP contribution is 2.33. The molecule has 4 heterocycles. The first-order valence-electron chi connectivity index (χ1n) is 9.64. The van der Waals surface area contributed by atoms with Gasteiger partial charge in [-0.1, -0.05) is 0 Å². The Hall–Kier alpha value is -4.37. The first kappa shape index (κ1) is 23.8. The zero-order chi connectivity index (χ0) is 25.3. The van der Waals surface area contributed by atoms with Crippen molar-refractivity contribution >= 4 is 11.0 Å². The number of nitrogens with one attached hydrogen (secondary N) is 2. The molecule has 0 saturated carbocycles. The molecule has 0 unspecified atom stereocenters. The van der Waals surface area contributed by atoms with Crippen LogP contribution in [0.5, 0.6) is 11.6 Å². The van der Waals surface area contributed by atoms with E-state index in [-0.39, 0.29) is 39.5 Å². The Bertz CT molecular complexity index is 1480. The highest BCUT2D eigenvalue weighted by atomic mass is 19.4. The van der Waals surface area contributed by atoms with Gasteiger partial charge < -0.3 is 14.5 Å². The van der Waals surface area contributed by atoms with E-state index in [1.807, 2.05) is 4.98 Å². The van der Waals surface area contributed by atoms with Gasteiger partial charge in [-0.05, 0) is 12.1 Å². The van der Waals surface area contributed by atoms with Crippen molar-refractivity contribution in [3.8, 4) is 22.9 Å². The van der Waals surface area contributed by atoms with Crippen molar-refractivity contribution in [3.63, 3.8) is 0 Å².